The molecule has 0 amide bonds. The number of hydrogen-bond acceptors (Lipinski definition) is 1. The molecule has 0 aliphatic carbocycles. The predicted octanol–water partition coefficient (Wildman–Crippen LogP) is 0.678. The van der Waals surface area contributed by atoms with Gasteiger partial charge in [-0.05, 0) is 23.3 Å². The minimum atomic E-state index is -0.993. The van der Waals surface area contributed by atoms with Gasteiger partial charge in [0.25, 0.3) is 6.30 Å². The molecule has 0 saturated heterocycles. The van der Waals surface area contributed by atoms with Gasteiger partial charge in [0, 0.05) is 31.8 Å². The van der Waals surface area contributed by atoms with Crippen molar-refractivity contribution in [3.05, 3.63) is 59.9 Å². The Bertz CT molecular complexity index is 548. The maximum absolute atomic E-state index is 13.0. The van der Waals surface area contributed by atoms with E-state index in [0.717, 1.165) is 16.8 Å². The van der Waals surface area contributed by atoms with E-state index in [2.05, 4.69) is 17.4 Å². The lowest BCUT2D eigenvalue weighted by molar-refractivity contribution is -0.743. The highest BCUT2D eigenvalue weighted by atomic mass is 79.9. The second-order valence-electron chi connectivity index (χ2n) is 4.36. The van der Waals surface area contributed by atoms with E-state index in [1.165, 1.54) is 11.5 Å². The highest BCUT2D eigenvalue weighted by Crippen LogP contribution is 2.11. The van der Waals surface area contributed by atoms with Crippen molar-refractivity contribution < 1.29 is 25.9 Å². The molecule has 20 heavy (non-hydrogen) atoms. The molecule has 0 aliphatic heterocycles. The summed E-state index contributed by atoms with van der Waals surface area (Å²) in [5, 5.41) is 3.08. The first-order valence-electron chi connectivity index (χ1n) is 6.30. The second kappa shape index (κ2) is 7.80. The summed E-state index contributed by atoms with van der Waals surface area (Å²) >= 11 is 0. The van der Waals surface area contributed by atoms with Gasteiger partial charge < -0.3 is 22.3 Å². The topological polar surface area (TPSA) is 15.9 Å². The normalized spacial score (nSPS) is 11.9. The van der Waals surface area contributed by atoms with E-state index in [0.29, 0.717) is 0 Å². The Kier molecular flexibility index (Phi) is 6.39. The van der Waals surface area contributed by atoms with Gasteiger partial charge >= 0.3 is 0 Å². The number of hydrogen-bond donors (Lipinski definition) is 1. The number of nitrogens with one attached hydrogen (secondary N) is 1. The maximum Gasteiger partial charge on any atom is 0.296 e. The molecular weight excluding hydrogens is 319 g/mol. The van der Waals surface area contributed by atoms with Crippen molar-refractivity contribution in [3.63, 3.8) is 0 Å². The first kappa shape index (κ1) is 16.4. The maximum atomic E-state index is 13.0. The van der Waals surface area contributed by atoms with Crippen LogP contribution in [0.25, 0.3) is 12.2 Å². The Labute approximate surface area is 129 Å². The quantitative estimate of drug-likeness (QED) is 0.812. The zero-order chi connectivity index (χ0) is 13.7. The van der Waals surface area contributed by atoms with Crippen molar-refractivity contribution in [1.29, 1.82) is 0 Å². The standard InChI is InChI=1S/C16H17FN2.BrH/c1-13(17)19-11-9-15(10-12-19)4-3-14-5-7-16(18-2)8-6-14;/h3-13H,1-2H3;1H. The molecule has 0 fully saturated rings. The molecule has 1 heterocycles. The minimum Gasteiger partial charge on any atom is -1.00 e. The molecule has 4 heteroatoms. The fraction of sp³-hybridized carbons (Fsp3) is 0.188. The summed E-state index contributed by atoms with van der Waals surface area (Å²) in [7, 11) is 1.90. The summed E-state index contributed by atoms with van der Waals surface area (Å²) in [4.78, 5) is 0. The number of benzene rings is 1. The third-order valence-corrected chi connectivity index (χ3v) is 2.96. The number of anilines is 1. The molecule has 0 bridgehead atoms. The number of nitrogens with zero attached hydrogens (tertiary/aromatic N) is 1. The molecule has 1 aromatic carbocycles. The van der Waals surface area contributed by atoms with Gasteiger partial charge in [-0.25, -0.2) is 0 Å². The molecule has 1 aromatic heterocycles. The lowest BCUT2D eigenvalue weighted by atomic mass is 10.1. The van der Waals surface area contributed by atoms with E-state index >= 15 is 0 Å². The summed E-state index contributed by atoms with van der Waals surface area (Å²) in [5.74, 6) is 0. The van der Waals surface area contributed by atoms with Gasteiger partial charge in [0.2, 0.25) is 0 Å². The Morgan fingerprint density at radius 1 is 1.00 bits per heavy atom. The van der Waals surface area contributed by atoms with Crippen molar-refractivity contribution in [2.24, 2.45) is 0 Å². The Hall–Kier alpha value is -1.68. The van der Waals surface area contributed by atoms with Crippen LogP contribution in [0, 0.1) is 0 Å². The molecule has 2 aromatic rings. The van der Waals surface area contributed by atoms with Crippen LogP contribution < -0.4 is 26.9 Å². The molecule has 0 radical (unpaired) electrons. The summed E-state index contributed by atoms with van der Waals surface area (Å²) in [6.45, 7) is 1.51. The Balaban J connectivity index is 0.00000200. The molecule has 2 rings (SSSR count). The number of halogens is 2. The Morgan fingerprint density at radius 2 is 1.50 bits per heavy atom. The number of aromatic nitrogens is 1. The molecule has 0 aliphatic rings. The second-order valence-corrected chi connectivity index (χ2v) is 4.36. The molecule has 1 N–H and O–H groups in total. The van der Waals surface area contributed by atoms with E-state index in [-0.39, 0.29) is 17.0 Å². The Morgan fingerprint density at radius 3 is 1.95 bits per heavy atom. The average molecular weight is 337 g/mol. The number of rotatable bonds is 4. The highest BCUT2D eigenvalue weighted by molar-refractivity contribution is 5.70. The van der Waals surface area contributed by atoms with E-state index < -0.39 is 6.30 Å². The van der Waals surface area contributed by atoms with Gasteiger partial charge in [-0.3, -0.25) is 0 Å². The van der Waals surface area contributed by atoms with Gasteiger partial charge in [-0.15, -0.1) is 0 Å². The van der Waals surface area contributed by atoms with Gasteiger partial charge in [-0.2, -0.15) is 8.96 Å². The highest BCUT2D eigenvalue weighted by Gasteiger charge is 2.07. The monoisotopic (exact) mass is 336 g/mol. The molecule has 2 nitrogen and oxygen atoms in total. The van der Waals surface area contributed by atoms with E-state index in [4.69, 9.17) is 0 Å². The number of pyridine rings is 1. The third-order valence-electron chi connectivity index (χ3n) is 2.96. The summed E-state index contributed by atoms with van der Waals surface area (Å²) in [6.07, 6.45) is 6.55. The van der Waals surface area contributed by atoms with E-state index in [9.17, 15) is 4.39 Å². The smallest absolute Gasteiger partial charge is 0.296 e. The van der Waals surface area contributed by atoms with Crippen molar-refractivity contribution >= 4 is 17.8 Å². The fourth-order valence-corrected chi connectivity index (χ4v) is 1.75. The average Bonchev–Trinajstić information content (AvgIpc) is 2.46. The van der Waals surface area contributed by atoms with Crippen molar-refractivity contribution in [2.45, 2.75) is 13.2 Å². The lowest BCUT2D eigenvalue weighted by Gasteiger charge is -2.00. The fourth-order valence-electron chi connectivity index (χ4n) is 1.75. The summed E-state index contributed by atoms with van der Waals surface area (Å²) < 4.78 is 14.6. The molecule has 1 atom stereocenters. The SMILES string of the molecule is CNc1ccc(/C=C/c2cc[n+](C(C)F)cc2)cc1.[Br-]. The predicted molar refractivity (Wildman–Crippen MR) is 77.4 cm³/mol. The van der Waals surface area contributed by atoms with Gasteiger partial charge in [0.15, 0.2) is 12.4 Å². The molecule has 1 unspecified atom stereocenters. The van der Waals surface area contributed by atoms with Gasteiger partial charge in [0.1, 0.15) is 0 Å². The largest absolute Gasteiger partial charge is 1.00 e. The van der Waals surface area contributed by atoms with Crippen molar-refractivity contribution in [2.75, 3.05) is 12.4 Å². The molecule has 106 valence electrons. The van der Waals surface area contributed by atoms with Crippen LogP contribution in [0.2, 0.25) is 0 Å². The van der Waals surface area contributed by atoms with E-state index in [1.54, 1.807) is 12.4 Å². The van der Waals surface area contributed by atoms with Crippen LogP contribution in [0.1, 0.15) is 24.3 Å². The van der Waals surface area contributed by atoms with Crippen LogP contribution in [0.3, 0.4) is 0 Å². The minimum absolute atomic E-state index is 0. The van der Waals surface area contributed by atoms with Crippen LogP contribution in [0.5, 0.6) is 0 Å². The van der Waals surface area contributed by atoms with Gasteiger partial charge in [-0.1, -0.05) is 24.3 Å². The van der Waals surface area contributed by atoms with Crippen LogP contribution in [0.4, 0.5) is 10.1 Å². The molecule has 0 saturated carbocycles. The van der Waals surface area contributed by atoms with Gasteiger partial charge in [0.05, 0.1) is 0 Å². The molecular formula is C16H18BrFN2. The van der Waals surface area contributed by atoms with Crippen molar-refractivity contribution in [3.8, 4) is 0 Å². The summed E-state index contributed by atoms with van der Waals surface area (Å²) in [5.41, 5.74) is 3.28. The van der Waals surface area contributed by atoms with Crippen molar-refractivity contribution in [1.82, 2.24) is 0 Å². The van der Waals surface area contributed by atoms with Crippen LogP contribution in [0.15, 0.2) is 48.8 Å². The zero-order valence-corrected chi connectivity index (χ0v) is 13.1. The lowest BCUT2D eigenvalue weighted by Crippen LogP contribution is -3.00. The van der Waals surface area contributed by atoms with E-state index in [1.807, 2.05) is 43.5 Å². The number of alkyl halides is 1. The first-order chi connectivity index (χ1) is 9.19. The van der Waals surface area contributed by atoms with Crippen LogP contribution >= 0.6 is 0 Å². The first-order valence-corrected chi connectivity index (χ1v) is 6.30. The summed E-state index contributed by atoms with van der Waals surface area (Å²) in [6, 6.07) is 12.0. The zero-order valence-electron chi connectivity index (χ0n) is 11.6. The van der Waals surface area contributed by atoms with Crippen LogP contribution in [-0.2, 0) is 0 Å². The third kappa shape index (κ3) is 4.46. The molecule has 0 spiro atoms. The van der Waals surface area contributed by atoms with Crippen LogP contribution in [-0.4, -0.2) is 7.05 Å².